The molecule has 0 radical (unpaired) electrons. The third-order valence-electron chi connectivity index (χ3n) is 5.67. The third-order valence-corrected chi connectivity index (χ3v) is 6.28. The smallest absolute Gasteiger partial charge is 0.284 e. The van der Waals surface area contributed by atoms with E-state index in [4.69, 9.17) is 0 Å². The van der Waals surface area contributed by atoms with Gasteiger partial charge in [-0.25, -0.2) is 8.42 Å². The Labute approximate surface area is 203 Å². The minimum atomic E-state index is -4.56. The number of hydrogen-bond donors (Lipinski definition) is 1. The number of pyridine rings is 2. The Balaban J connectivity index is 1.72. The predicted molar refractivity (Wildman–Crippen MR) is 134 cm³/mol. The zero-order chi connectivity index (χ0) is 25.7. The van der Waals surface area contributed by atoms with Gasteiger partial charge in [-0.3, -0.25) is 19.1 Å². The topological polar surface area (TPSA) is 81.1 Å². The normalized spacial score (nSPS) is 12.2. The second-order valence-electron chi connectivity index (χ2n) is 8.30. The maximum Gasteiger partial charge on any atom is 0.416 e. The number of rotatable bonds is 4. The highest BCUT2D eigenvalue weighted by atomic mass is 32.2. The number of benzene rings is 3. The van der Waals surface area contributed by atoms with Gasteiger partial charge in [0.25, 0.3) is 5.56 Å². The number of fused-ring (bicyclic) bond motifs is 3. The predicted octanol–water partition coefficient (Wildman–Crippen LogP) is 5.60. The fourth-order valence-electron chi connectivity index (χ4n) is 4.11. The van der Waals surface area contributed by atoms with Crippen LogP contribution in [0, 0.1) is 0 Å². The van der Waals surface area contributed by atoms with Crippen molar-refractivity contribution in [3.63, 3.8) is 0 Å². The summed E-state index contributed by atoms with van der Waals surface area (Å²) in [6.45, 7) is 0. The van der Waals surface area contributed by atoms with Gasteiger partial charge in [0, 0.05) is 34.4 Å². The highest BCUT2D eigenvalue weighted by molar-refractivity contribution is 7.92. The number of nitrogens with zero attached hydrogens (tertiary/aromatic N) is 2. The first-order valence-electron chi connectivity index (χ1n) is 10.7. The van der Waals surface area contributed by atoms with Crippen molar-refractivity contribution in [1.82, 2.24) is 9.55 Å². The molecule has 6 nitrogen and oxygen atoms in total. The molecule has 0 saturated heterocycles. The fourth-order valence-corrected chi connectivity index (χ4v) is 4.68. The van der Waals surface area contributed by atoms with Crippen molar-refractivity contribution in [2.45, 2.75) is 6.18 Å². The van der Waals surface area contributed by atoms with Crippen LogP contribution in [0.2, 0.25) is 0 Å². The number of anilines is 1. The molecule has 10 heteroatoms. The second kappa shape index (κ2) is 8.49. The first-order valence-corrected chi connectivity index (χ1v) is 12.6. The van der Waals surface area contributed by atoms with E-state index in [1.807, 2.05) is 12.1 Å². The van der Waals surface area contributed by atoms with Gasteiger partial charge in [0.2, 0.25) is 10.0 Å². The standard InChI is InChI=1S/C26H18F3N3O3S/c1-36(34,35)31-20-9-5-16(6-10-20)17-7-11-23-22(13-17)25-18(15-30-23)8-12-24(33)32(25)21-4-2-3-19(14-21)26(27,28)29/h2-15,31H,1H3. The number of nitrogens with one attached hydrogen (secondary N) is 1. The van der Waals surface area contributed by atoms with Crippen LogP contribution < -0.4 is 10.3 Å². The Morgan fingerprint density at radius 2 is 1.61 bits per heavy atom. The lowest BCUT2D eigenvalue weighted by molar-refractivity contribution is -0.137. The molecular weight excluding hydrogens is 491 g/mol. The van der Waals surface area contributed by atoms with Crippen molar-refractivity contribution in [2.75, 3.05) is 11.0 Å². The highest BCUT2D eigenvalue weighted by Crippen LogP contribution is 2.33. The van der Waals surface area contributed by atoms with Gasteiger partial charge in [-0.15, -0.1) is 0 Å². The van der Waals surface area contributed by atoms with Crippen molar-refractivity contribution in [1.29, 1.82) is 0 Å². The SMILES string of the molecule is CS(=O)(=O)Nc1ccc(-c2ccc3ncc4ccc(=O)n(-c5cccc(C(F)(F)F)c5)c4c3c2)cc1. The average molecular weight is 510 g/mol. The molecule has 0 fully saturated rings. The number of aromatic nitrogens is 2. The van der Waals surface area contributed by atoms with Gasteiger partial charge >= 0.3 is 6.18 Å². The van der Waals surface area contributed by atoms with E-state index in [2.05, 4.69) is 9.71 Å². The number of sulfonamides is 1. The van der Waals surface area contributed by atoms with Crippen molar-refractivity contribution in [3.05, 3.63) is 101 Å². The molecular formula is C26H18F3N3O3S. The molecule has 0 aliphatic heterocycles. The van der Waals surface area contributed by atoms with Crippen LogP contribution in [-0.2, 0) is 16.2 Å². The van der Waals surface area contributed by atoms with Crippen molar-refractivity contribution in [2.24, 2.45) is 0 Å². The van der Waals surface area contributed by atoms with Gasteiger partial charge in [-0.05, 0) is 59.7 Å². The van der Waals surface area contributed by atoms with E-state index in [0.717, 1.165) is 29.5 Å². The molecule has 2 heterocycles. The Morgan fingerprint density at radius 3 is 2.31 bits per heavy atom. The summed E-state index contributed by atoms with van der Waals surface area (Å²) in [5.74, 6) is 0. The second-order valence-corrected chi connectivity index (χ2v) is 10.0. The molecule has 182 valence electrons. The Bertz CT molecular complexity index is 1800. The quantitative estimate of drug-likeness (QED) is 0.320. The molecule has 0 aliphatic carbocycles. The summed E-state index contributed by atoms with van der Waals surface area (Å²) in [7, 11) is -3.42. The van der Waals surface area contributed by atoms with Crippen LogP contribution in [0.25, 0.3) is 38.6 Å². The lowest BCUT2D eigenvalue weighted by Crippen LogP contribution is -2.18. The van der Waals surface area contributed by atoms with E-state index < -0.39 is 27.3 Å². The summed E-state index contributed by atoms with van der Waals surface area (Å²) in [5, 5.41) is 1.17. The summed E-state index contributed by atoms with van der Waals surface area (Å²) < 4.78 is 66.7. The van der Waals surface area contributed by atoms with Gasteiger partial charge in [-0.2, -0.15) is 13.2 Å². The lowest BCUT2D eigenvalue weighted by Gasteiger charge is -2.15. The van der Waals surface area contributed by atoms with Gasteiger partial charge in [0.1, 0.15) is 0 Å². The van der Waals surface area contributed by atoms with E-state index in [1.165, 1.54) is 22.8 Å². The Kier molecular flexibility index (Phi) is 5.55. The monoisotopic (exact) mass is 509 g/mol. The largest absolute Gasteiger partial charge is 0.416 e. The zero-order valence-corrected chi connectivity index (χ0v) is 19.6. The number of alkyl halides is 3. The van der Waals surface area contributed by atoms with Crippen LogP contribution in [0.5, 0.6) is 0 Å². The van der Waals surface area contributed by atoms with Crippen LogP contribution in [-0.4, -0.2) is 24.2 Å². The summed E-state index contributed by atoms with van der Waals surface area (Å²) in [5.41, 5.74) is 1.70. The van der Waals surface area contributed by atoms with Crippen molar-refractivity contribution < 1.29 is 21.6 Å². The zero-order valence-electron chi connectivity index (χ0n) is 18.7. The maximum absolute atomic E-state index is 13.4. The van der Waals surface area contributed by atoms with Crippen LogP contribution in [0.1, 0.15) is 5.56 Å². The number of halogens is 3. The molecule has 0 atom stereocenters. The van der Waals surface area contributed by atoms with Gasteiger partial charge in [-0.1, -0.05) is 24.3 Å². The molecule has 0 amide bonds. The summed E-state index contributed by atoms with van der Waals surface area (Å²) in [6.07, 6.45) is -1.92. The van der Waals surface area contributed by atoms with Gasteiger partial charge in [0.05, 0.1) is 22.9 Å². The van der Waals surface area contributed by atoms with E-state index in [1.54, 1.807) is 42.6 Å². The van der Waals surface area contributed by atoms with E-state index in [9.17, 15) is 26.4 Å². The molecule has 5 aromatic rings. The highest BCUT2D eigenvalue weighted by Gasteiger charge is 2.30. The minimum absolute atomic E-state index is 0.0922. The molecule has 36 heavy (non-hydrogen) atoms. The molecule has 0 aliphatic rings. The molecule has 3 aromatic carbocycles. The lowest BCUT2D eigenvalue weighted by atomic mass is 10.0. The van der Waals surface area contributed by atoms with Crippen LogP contribution in [0.15, 0.2) is 89.9 Å². The molecule has 1 N–H and O–H groups in total. The fraction of sp³-hybridized carbons (Fsp3) is 0.0769. The first kappa shape index (κ1) is 23.6. The molecule has 0 unspecified atom stereocenters. The molecule has 2 aromatic heterocycles. The maximum atomic E-state index is 13.4. The van der Waals surface area contributed by atoms with E-state index in [-0.39, 0.29) is 5.69 Å². The Morgan fingerprint density at radius 1 is 0.889 bits per heavy atom. The van der Waals surface area contributed by atoms with Crippen molar-refractivity contribution in [3.8, 4) is 16.8 Å². The summed E-state index contributed by atoms with van der Waals surface area (Å²) in [6, 6.07) is 19.7. The Hall–Kier alpha value is -4.18. The molecule has 0 bridgehead atoms. The van der Waals surface area contributed by atoms with E-state index in [0.29, 0.717) is 27.5 Å². The van der Waals surface area contributed by atoms with Crippen LogP contribution >= 0.6 is 0 Å². The third kappa shape index (κ3) is 4.55. The van der Waals surface area contributed by atoms with Crippen molar-refractivity contribution >= 4 is 37.5 Å². The summed E-state index contributed by atoms with van der Waals surface area (Å²) in [4.78, 5) is 17.4. The van der Waals surface area contributed by atoms with Gasteiger partial charge in [0.15, 0.2) is 0 Å². The van der Waals surface area contributed by atoms with Crippen LogP contribution in [0.4, 0.5) is 18.9 Å². The molecule has 0 saturated carbocycles. The van der Waals surface area contributed by atoms with Crippen LogP contribution in [0.3, 0.4) is 0 Å². The molecule has 0 spiro atoms. The molecule has 5 rings (SSSR count). The average Bonchev–Trinajstić information content (AvgIpc) is 2.82. The summed E-state index contributed by atoms with van der Waals surface area (Å²) >= 11 is 0. The minimum Gasteiger partial charge on any atom is -0.284 e. The van der Waals surface area contributed by atoms with E-state index >= 15 is 0 Å². The first-order chi connectivity index (χ1) is 17.0. The number of hydrogen-bond acceptors (Lipinski definition) is 4. The van der Waals surface area contributed by atoms with Gasteiger partial charge < -0.3 is 0 Å².